The fourth-order valence-corrected chi connectivity index (χ4v) is 8.87. The monoisotopic (exact) mass is 607 g/mol. The summed E-state index contributed by atoms with van der Waals surface area (Å²) in [6, 6.07) is 10.7. The van der Waals surface area contributed by atoms with Gasteiger partial charge >= 0.3 is 6.18 Å². The van der Waals surface area contributed by atoms with Gasteiger partial charge in [0.2, 0.25) is 0 Å². The normalized spacial score (nSPS) is 24.3. The lowest BCUT2D eigenvalue weighted by Gasteiger charge is -2.73. The van der Waals surface area contributed by atoms with Gasteiger partial charge in [-0.15, -0.1) is 11.3 Å². The van der Waals surface area contributed by atoms with Crippen LogP contribution in [0.2, 0.25) is 0 Å². The van der Waals surface area contributed by atoms with E-state index in [1.807, 2.05) is 0 Å². The number of aryl methyl sites for hydroxylation is 1. The molecular formula is C32H36F3N7S. The first-order valence-corrected chi connectivity index (χ1v) is 15.8. The molecule has 7 nitrogen and oxygen atoms in total. The highest BCUT2D eigenvalue weighted by Crippen LogP contribution is 2.70. The van der Waals surface area contributed by atoms with Crippen molar-refractivity contribution in [3.63, 3.8) is 0 Å². The number of likely N-dealkylation sites (tertiary alicyclic amines) is 1. The number of alkyl halides is 3. The van der Waals surface area contributed by atoms with Gasteiger partial charge in [-0.25, -0.2) is 9.97 Å². The third-order valence-corrected chi connectivity index (χ3v) is 11.3. The van der Waals surface area contributed by atoms with Crippen molar-refractivity contribution in [3.05, 3.63) is 52.3 Å². The number of nitrogens with one attached hydrogen (secondary N) is 1. The Labute approximate surface area is 253 Å². The van der Waals surface area contributed by atoms with E-state index in [0.29, 0.717) is 27.0 Å². The topological polar surface area (TPSA) is 73.0 Å². The number of anilines is 1. The zero-order chi connectivity index (χ0) is 30.1. The van der Waals surface area contributed by atoms with E-state index in [-0.39, 0.29) is 10.9 Å². The lowest BCUT2D eigenvalue weighted by atomic mass is 9.39. The first kappa shape index (κ1) is 28.6. The van der Waals surface area contributed by atoms with E-state index >= 15 is 0 Å². The van der Waals surface area contributed by atoms with Crippen LogP contribution in [0.4, 0.5) is 19.0 Å². The fraction of sp³-hybridized carbons (Fsp3) is 0.531. The molecule has 1 N–H and O–H groups in total. The van der Waals surface area contributed by atoms with Gasteiger partial charge in [-0.3, -0.25) is 4.90 Å². The molecule has 4 aromatic rings. The molecule has 4 aliphatic rings. The lowest BCUT2D eigenvalue weighted by Crippen LogP contribution is -2.74. The van der Waals surface area contributed by atoms with Gasteiger partial charge in [0.1, 0.15) is 28.7 Å². The van der Waals surface area contributed by atoms with Gasteiger partial charge in [0, 0.05) is 53.5 Å². The van der Waals surface area contributed by atoms with E-state index in [0.717, 1.165) is 61.6 Å². The van der Waals surface area contributed by atoms with Crippen molar-refractivity contribution in [1.82, 2.24) is 24.3 Å². The third-order valence-electron chi connectivity index (χ3n) is 10.2. The number of hydrogen-bond acceptors (Lipinski definition) is 7. The molecule has 0 atom stereocenters. The molecule has 1 aliphatic heterocycles. The molecule has 3 saturated carbocycles. The number of hydrogen-bond donors (Lipinski definition) is 1. The zero-order valence-corrected chi connectivity index (χ0v) is 25.6. The summed E-state index contributed by atoms with van der Waals surface area (Å²) >= 11 is 1.08. The molecule has 0 radical (unpaired) electrons. The maximum Gasteiger partial charge on any atom is 0.393 e. The minimum absolute atomic E-state index is 0.194. The van der Waals surface area contributed by atoms with Crippen LogP contribution in [0.25, 0.3) is 21.1 Å². The van der Waals surface area contributed by atoms with Crippen molar-refractivity contribution in [2.24, 2.45) is 5.41 Å². The van der Waals surface area contributed by atoms with Crippen LogP contribution in [0, 0.1) is 23.7 Å². The number of aromatic nitrogens is 3. The number of fused-ring (bicyclic) bond motifs is 2. The van der Waals surface area contributed by atoms with Crippen molar-refractivity contribution in [3.8, 4) is 6.07 Å². The van der Waals surface area contributed by atoms with Crippen molar-refractivity contribution < 1.29 is 13.2 Å². The van der Waals surface area contributed by atoms with Gasteiger partial charge < -0.3 is 14.8 Å². The number of piperidine rings is 1. The molecule has 0 unspecified atom stereocenters. The van der Waals surface area contributed by atoms with Crippen molar-refractivity contribution >= 4 is 38.3 Å². The Morgan fingerprint density at radius 3 is 2.53 bits per heavy atom. The second kappa shape index (κ2) is 10.2. The van der Waals surface area contributed by atoms with Crippen LogP contribution in [0.1, 0.15) is 53.8 Å². The van der Waals surface area contributed by atoms with E-state index in [1.165, 1.54) is 42.1 Å². The first-order chi connectivity index (χ1) is 20.5. The largest absolute Gasteiger partial charge is 0.393 e. The lowest BCUT2D eigenvalue weighted by molar-refractivity contribution is -0.212. The summed E-state index contributed by atoms with van der Waals surface area (Å²) in [5, 5.41) is 15.3. The molecule has 4 fully saturated rings. The average molecular weight is 608 g/mol. The smallest absolute Gasteiger partial charge is 0.367 e. The Balaban J connectivity index is 1.00. The van der Waals surface area contributed by atoms with Crippen LogP contribution in [0.3, 0.4) is 0 Å². The number of benzene rings is 1. The number of halogens is 3. The highest BCUT2D eigenvalue weighted by molar-refractivity contribution is 7.18. The highest BCUT2D eigenvalue weighted by Gasteiger charge is 2.68. The summed E-state index contributed by atoms with van der Waals surface area (Å²) in [6.07, 6.45) is 1.71. The standard InChI is InChI=1S/C32H36F3N7S/c1-20-21(4-5-27-25(20)10-23(13-36)42(27)18-30-15-31(16-30,17-30)40(2)3)14-41-8-6-22(7-9-41)39-28-26-11-24(12-32(33,34)35)43-29(26)38-19-37-28/h4-5,10-11,19,22H,6-9,12,14-18H2,1-3H3,(H,37,38,39). The summed E-state index contributed by atoms with van der Waals surface area (Å²) in [5.74, 6) is 0.614. The quantitative estimate of drug-likeness (QED) is 0.247. The van der Waals surface area contributed by atoms with Gasteiger partial charge in [0.15, 0.2) is 0 Å². The van der Waals surface area contributed by atoms with Gasteiger partial charge in [-0.1, -0.05) is 6.07 Å². The van der Waals surface area contributed by atoms with Crippen LogP contribution in [-0.2, 0) is 19.5 Å². The summed E-state index contributed by atoms with van der Waals surface area (Å²) in [5.41, 5.74) is 5.15. The number of thiophene rings is 1. The summed E-state index contributed by atoms with van der Waals surface area (Å²) < 4.78 is 41.0. The van der Waals surface area contributed by atoms with Crippen LogP contribution in [-0.4, -0.2) is 69.3 Å². The van der Waals surface area contributed by atoms with Crippen molar-refractivity contribution in [2.45, 2.75) is 76.3 Å². The number of nitriles is 1. The van der Waals surface area contributed by atoms with E-state index < -0.39 is 12.6 Å². The van der Waals surface area contributed by atoms with E-state index in [1.54, 1.807) is 6.07 Å². The molecule has 2 bridgehead atoms. The van der Waals surface area contributed by atoms with Crippen LogP contribution in [0.5, 0.6) is 0 Å². The second-order valence-corrected chi connectivity index (χ2v) is 14.4. The maximum absolute atomic E-state index is 12.9. The van der Waals surface area contributed by atoms with Gasteiger partial charge in [0.05, 0.1) is 11.8 Å². The van der Waals surface area contributed by atoms with E-state index in [9.17, 15) is 18.4 Å². The van der Waals surface area contributed by atoms with Gasteiger partial charge in [0.25, 0.3) is 0 Å². The molecule has 4 heterocycles. The molecule has 1 saturated heterocycles. The Morgan fingerprint density at radius 2 is 1.86 bits per heavy atom. The van der Waals surface area contributed by atoms with Gasteiger partial charge in [-0.2, -0.15) is 18.4 Å². The molecule has 11 heteroatoms. The molecule has 0 spiro atoms. The first-order valence-electron chi connectivity index (χ1n) is 14.9. The molecular weight excluding hydrogens is 571 g/mol. The molecule has 1 aromatic carbocycles. The van der Waals surface area contributed by atoms with Crippen LogP contribution in [0.15, 0.2) is 30.6 Å². The zero-order valence-electron chi connectivity index (χ0n) is 24.8. The Bertz CT molecular complexity index is 1720. The summed E-state index contributed by atoms with van der Waals surface area (Å²) in [6.45, 7) is 5.76. The Kier molecular flexibility index (Phi) is 6.76. The molecule has 3 aromatic heterocycles. The van der Waals surface area contributed by atoms with Gasteiger partial charge in [-0.05, 0) is 87.9 Å². The summed E-state index contributed by atoms with van der Waals surface area (Å²) in [4.78, 5) is 14.2. The SMILES string of the molecule is Cc1c(CN2CCC(Nc3ncnc4sc(CC(F)(F)F)cc34)CC2)ccc2c1cc(C#N)n2CC12CC(N(C)C)(C1)C2. The van der Waals surface area contributed by atoms with Crippen molar-refractivity contribution in [1.29, 1.82) is 5.26 Å². The highest BCUT2D eigenvalue weighted by atomic mass is 32.1. The molecule has 43 heavy (non-hydrogen) atoms. The summed E-state index contributed by atoms with van der Waals surface area (Å²) in [7, 11) is 4.36. The Hall–Kier alpha value is -3.20. The van der Waals surface area contributed by atoms with E-state index in [4.69, 9.17) is 0 Å². The number of nitrogens with zero attached hydrogens (tertiary/aromatic N) is 6. The minimum Gasteiger partial charge on any atom is -0.367 e. The molecule has 0 amide bonds. The average Bonchev–Trinajstić information content (AvgIpc) is 3.48. The second-order valence-electron chi connectivity index (χ2n) is 13.3. The fourth-order valence-electron chi connectivity index (χ4n) is 7.85. The third kappa shape index (κ3) is 5.07. The van der Waals surface area contributed by atoms with Crippen molar-refractivity contribution in [2.75, 3.05) is 32.5 Å². The van der Waals surface area contributed by atoms with Crippen LogP contribution < -0.4 is 5.32 Å². The molecule has 226 valence electrons. The number of rotatable bonds is 8. The molecule has 8 rings (SSSR count). The minimum atomic E-state index is -4.24. The predicted octanol–water partition coefficient (Wildman–Crippen LogP) is 6.49. The maximum atomic E-state index is 12.9. The van der Waals surface area contributed by atoms with E-state index in [2.05, 4.69) is 74.9 Å². The Morgan fingerprint density at radius 1 is 1.12 bits per heavy atom. The predicted molar refractivity (Wildman–Crippen MR) is 163 cm³/mol. The van der Waals surface area contributed by atoms with Crippen LogP contribution >= 0.6 is 11.3 Å². The molecule has 3 aliphatic carbocycles.